The van der Waals surface area contributed by atoms with Crippen molar-refractivity contribution in [3.63, 3.8) is 0 Å². The lowest BCUT2D eigenvalue weighted by Crippen LogP contribution is -2.24. The Kier molecular flexibility index (Phi) is 12.2. The minimum Gasteiger partial charge on any atom is -0.370 e. The molecule has 0 radical (unpaired) electrons. The first-order valence-corrected chi connectivity index (χ1v) is 19.8. The van der Waals surface area contributed by atoms with Crippen LogP contribution in [0.1, 0.15) is 31.8 Å². The van der Waals surface area contributed by atoms with E-state index in [4.69, 9.17) is 23.1 Å². The van der Waals surface area contributed by atoms with Crippen LogP contribution in [0.3, 0.4) is 0 Å². The highest BCUT2D eigenvalue weighted by atomic mass is 35.5. The van der Waals surface area contributed by atoms with Crippen molar-refractivity contribution in [1.29, 1.82) is 0 Å². The number of halogens is 1. The summed E-state index contributed by atoms with van der Waals surface area (Å²) < 4.78 is 73.8. The fourth-order valence-electron chi connectivity index (χ4n) is 4.15. The van der Waals surface area contributed by atoms with E-state index in [-0.39, 0.29) is 30.7 Å². The van der Waals surface area contributed by atoms with E-state index < -0.39 is 58.4 Å². The predicted molar refractivity (Wildman–Crippen MR) is 181 cm³/mol. The van der Waals surface area contributed by atoms with E-state index in [1.165, 1.54) is 18.2 Å². The fraction of sp³-hybridized carbons (Fsp3) is 0.129. The van der Waals surface area contributed by atoms with E-state index in [1.807, 2.05) is 0 Å². The van der Waals surface area contributed by atoms with Crippen molar-refractivity contribution in [1.82, 2.24) is 0 Å². The molecule has 16 heteroatoms. The van der Waals surface area contributed by atoms with Crippen LogP contribution in [-0.2, 0) is 41.3 Å². The van der Waals surface area contributed by atoms with Gasteiger partial charge >= 0.3 is 0 Å². The van der Waals surface area contributed by atoms with Gasteiger partial charge in [0.1, 0.15) is 0 Å². The Bertz CT molecular complexity index is 2150. The SMILES string of the molecule is Cc1cc(S(=O)c2ccccc2)c(S(C)(=O)=O)cc1C(=O)Cl.Cc1cc(S(=O)c2ccccc2)c(S(C)(=O)=O)cc1C(=O)N=C(N)N. The quantitative estimate of drug-likeness (QED) is 0.152. The summed E-state index contributed by atoms with van der Waals surface area (Å²) in [5.74, 6) is -1.19. The first-order chi connectivity index (χ1) is 21.8. The Hall–Kier alpha value is -4.02. The van der Waals surface area contributed by atoms with Crippen LogP contribution in [0.25, 0.3) is 0 Å². The summed E-state index contributed by atoms with van der Waals surface area (Å²) in [6.45, 7) is 3.21. The lowest BCUT2D eigenvalue weighted by molar-refractivity contribution is 0.100. The minimum absolute atomic E-state index is 0.0302. The Morgan fingerprint density at radius 2 is 1.02 bits per heavy atom. The van der Waals surface area contributed by atoms with Gasteiger partial charge in [-0.25, -0.2) is 25.3 Å². The zero-order chi connectivity index (χ0) is 35.3. The summed E-state index contributed by atoms with van der Waals surface area (Å²) in [6.07, 6.45) is 1.99. The second-order valence-corrected chi connectivity index (χ2v) is 17.3. The number of aliphatic imine (C=N–C) groups is 1. The Morgan fingerprint density at radius 3 is 1.36 bits per heavy atom. The summed E-state index contributed by atoms with van der Waals surface area (Å²) in [7, 11) is -10.8. The van der Waals surface area contributed by atoms with E-state index in [0.29, 0.717) is 20.9 Å². The van der Waals surface area contributed by atoms with Gasteiger partial charge in [-0.2, -0.15) is 4.99 Å². The highest BCUT2D eigenvalue weighted by Gasteiger charge is 2.24. The number of guanidine groups is 1. The van der Waals surface area contributed by atoms with Gasteiger partial charge in [0.2, 0.25) is 0 Å². The second kappa shape index (κ2) is 15.3. The van der Waals surface area contributed by atoms with Crippen molar-refractivity contribution in [2.75, 3.05) is 12.5 Å². The molecule has 11 nitrogen and oxygen atoms in total. The molecule has 0 aromatic heterocycles. The molecule has 4 N–H and O–H groups in total. The summed E-state index contributed by atoms with van der Waals surface area (Å²) in [5.41, 5.74) is 11.4. The Labute approximate surface area is 282 Å². The maximum Gasteiger partial charge on any atom is 0.280 e. The van der Waals surface area contributed by atoms with Gasteiger partial charge in [0.05, 0.1) is 41.2 Å². The molecule has 0 aliphatic rings. The number of nitrogens with two attached hydrogens (primary N) is 2. The topological polar surface area (TPSA) is 201 Å². The summed E-state index contributed by atoms with van der Waals surface area (Å²) >= 11 is 5.47. The zero-order valence-corrected chi connectivity index (χ0v) is 29.5. The van der Waals surface area contributed by atoms with Crippen LogP contribution in [0, 0.1) is 13.8 Å². The second-order valence-electron chi connectivity index (χ2n) is 10.1. The number of hydrogen-bond acceptors (Lipinski definition) is 8. The van der Waals surface area contributed by atoms with Gasteiger partial charge in [-0.1, -0.05) is 36.4 Å². The highest BCUT2D eigenvalue weighted by Crippen LogP contribution is 2.29. The maximum atomic E-state index is 12.8. The average Bonchev–Trinajstić information content (AvgIpc) is 2.99. The van der Waals surface area contributed by atoms with Crippen LogP contribution in [0.15, 0.2) is 119 Å². The number of benzene rings is 4. The van der Waals surface area contributed by atoms with E-state index in [0.717, 1.165) is 18.6 Å². The third kappa shape index (κ3) is 9.51. The van der Waals surface area contributed by atoms with Gasteiger partial charge in [-0.3, -0.25) is 9.59 Å². The maximum absolute atomic E-state index is 12.8. The summed E-state index contributed by atoms with van der Waals surface area (Å²) in [4.78, 5) is 27.7. The van der Waals surface area contributed by atoms with Crippen molar-refractivity contribution in [3.05, 3.63) is 107 Å². The van der Waals surface area contributed by atoms with Gasteiger partial charge in [0.25, 0.3) is 11.1 Å². The molecule has 0 heterocycles. The number of aryl methyl sites for hydroxylation is 2. The summed E-state index contributed by atoms with van der Waals surface area (Å²) in [5, 5.41) is -0.751. The minimum atomic E-state index is -3.74. The van der Waals surface area contributed by atoms with E-state index in [2.05, 4.69) is 4.99 Å². The number of hydrogen-bond donors (Lipinski definition) is 2. The molecule has 248 valence electrons. The first-order valence-electron chi connectivity index (χ1n) is 13.3. The lowest BCUT2D eigenvalue weighted by Gasteiger charge is -2.12. The molecule has 0 fully saturated rings. The van der Waals surface area contributed by atoms with Gasteiger partial charge in [-0.05, 0) is 85.1 Å². The van der Waals surface area contributed by atoms with Crippen LogP contribution in [0.5, 0.6) is 0 Å². The molecule has 47 heavy (non-hydrogen) atoms. The molecule has 0 saturated carbocycles. The molecular formula is C31H30ClN3O8S4. The molecule has 0 spiro atoms. The van der Waals surface area contributed by atoms with Crippen molar-refractivity contribution in [2.45, 2.75) is 43.2 Å². The van der Waals surface area contributed by atoms with Gasteiger partial charge in [-0.15, -0.1) is 0 Å². The zero-order valence-electron chi connectivity index (χ0n) is 25.5. The number of carbonyl (C=O) groups is 2. The molecule has 4 aromatic rings. The molecule has 2 unspecified atom stereocenters. The number of sulfone groups is 2. The highest BCUT2D eigenvalue weighted by molar-refractivity contribution is 7.92. The van der Waals surface area contributed by atoms with Gasteiger partial charge in [0.15, 0.2) is 25.6 Å². The normalized spacial score (nSPS) is 12.6. The Balaban J connectivity index is 0.000000257. The number of nitrogens with zero attached hydrogens (tertiary/aromatic N) is 1. The molecule has 2 atom stereocenters. The Morgan fingerprint density at radius 1 is 0.660 bits per heavy atom. The van der Waals surface area contributed by atoms with Gasteiger partial charge in [0, 0.05) is 33.4 Å². The molecule has 0 aliphatic heterocycles. The molecule has 1 amide bonds. The number of amides is 1. The third-order valence-electron chi connectivity index (χ3n) is 6.37. The molecule has 4 aromatic carbocycles. The largest absolute Gasteiger partial charge is 0.370 e. The van der Waals surface area contributed by atoms with Crippen molar-refractivity contribution in [3.8, 4) is 0 Å². The van der Waals surface area contributed by atoms with E-state index in [9.17, 15) is 34.8 Å². The average molecular weight is 736 g/mol. The lowest BCUT2D eigenvalue weighted by atomic mass is 10.1. The van der Waals surface area contributed by atoms with Crippen LogP contribution in [0.2, 0.25) is 0 Å². The first kappa shape index (κ1) is 37.4. The van der Waals surface area contributed by atoms with Gasteiger partial charge < -0.3 is 11.5 Å². The monoisotopic (exact) mass is 735 g/mol. The number of carbonyl (C=O) groups excluding carboxylic acids is 2. The van der Waals surface area contributed by atoms with Crippen molar-refractivity contribution >= 4 is 70.0 Å². The third-order valence-corrected chi connectivity index (χ3v) is 12.0. The van der Waals surface area contributed by atoms with Crippen LogP contribution in [-0.4, -0.2) is 54.9 Å². The molecule has 0 saturated heterocycles. The standard InChI is InChI=1S/C16H17N3O4S2.C15H13ClO4S2/c1-10-8-13(24(21)11-6-4-3-5-7-11)14(25(2,22)23)9-12(10)15(20)19-16(17)18;1-10-8-13(21(18)11-6-4-3-5-7-11)14(22(2,19)20)9-12(10)15(16)17/h3-9H,1-2H3,(H4,17,18,19,20);3-9H,1-2H3. The smallest absolute Gasteiger partial charge is 0.280 e. The van der Waals surface area contributed by atoms with Crippen LogP contribution >= 0.6 is 11.6 Å². The number of rotatable bonds is 8. The fourth-order valence-corrected chi connectivity index (χ4v) is 9.60. The van der Waals surface area contributed by atoms with Crippen molar-refractivity contribution in [2.24, 2.45) is 16.5 Å². The van der Waals surface area contributed by atoms with Crippen LogP contribution in [0.4, 0.5) is 0 Å². The molecule has 0 bridgehead atoms. The van der Waals surface area contributed by atoms with Crippen molar-refractivity contribution < 1.29 is 34.8 Å². The molecule has 4 rings (SSSR count). The van der Waals surface area contributed by atoms with E-state index >= 15 is 0 Å². The summed E-state index contributed by atoms with van der Waals surface area (Å²) in [6, 6.07) is 22.2. The molecule has 0 aliphatic carbocycles. The molecular weight excluding hydrogens is 706 g/mol. The van der Waals surface area contributed by atoms with E-state index in [1.54, 1.807) is 74.5 Å². The van der Waals surface area contributed by atoms with Crippen LogP contribution < -0.4 is 11.5 Å². The predicted octanol–water partition coefficient (Wildman–Crippen LogP) is 3.92.